The molecule has 0 fully saturated rings. The molecule has 0 aromatic rings. The van der Waals surface area contributed by atoms with Crippen LogP contribution in [-0.4, -0.2) is 6.16 Å². The largest absolute Gasteiger partial charge is 0.421 e. The van der Waals surface area contributed by atoms with Crippen LogP contribution in [-0.2, 0) is 4.84 Å². The van der Waals surface area contributed by atoms with Crippen LogP contribution in [0.4, 0.5) is 4.79 Å². The van der Waals surface area contributed by atoms with Gasteiger partial charge in [-0.1, -0.05) is 5.01 Å². The molecule has 0 saturated heterocycles. The summed E-state index contributed by atoms with van der Waals surface area (Å²) in [4.78, 5) is 12.2. The van der Waals surface area contributed by atoms with Crippen LogP contribution >= 0.6 is 0 Å². The number of hydrogen-bond donors (Lipinski definition) is 0. The lowest BCUT2D eigenvalue weighted by Crippen LogP contribution is -2.20. The van der Waals surface area contributed by atoms with E-state index in [2.05, 4.69) is 4.84 Å². The second-order valence-electron chi connectivity index (χ2n) is 0.433. The van der Waals surface area contributed by atoms with Crippen molar-refractivity contribution >= 4 is 6.16 Å². The van der Waals surface area contributed by atoms with Gasteiger partial charge >= 0.3 is 6.16 Å². The Balaban J connectivity index is 3.13. The third-order valence-electron chi connectivity index (χ3n) is 0.120. The lowest BCUT2D eigenvalue weighted by molar-refractivity contribution is -0.276. The van der Waals surface area contributed by atoms with E-state index in [1.807, 2.05) is 5.01 Å². The van der Waals surface area contributed by atoms with Gasteiger partial charge in [0.15, 0.2) is 0 Å². The Labute approximate surface area is 33.7 Å². The molecular weight excluding hydrogens is 86.0 g/mol. The number of nitrogens with zero attached hydrogens (tertiary/aromatic N) is 1. The number of carboxylic acid groups (broad SMARTS) is 1. The van der Waals surface area contributed by atoms with Crippen LogP contribution in [0.3, 0.4) is 0 Å². The van der Waals surface area contributed by atoms with Gasteiger partial charge in [-0.2, -0.15) is 6.57 Å². The Morgan fingerprint density at radius 1 is 2.00 bits per heavy atom. The van der Waals surface area contributed by atoms with Crippen molar-refractivity contribution < 1.29 is 14.7 Å². The van der Waals surface area contributed by atoms with Gasteiger partial charge < -0.3 is 9.90 Å². The van der Waals surface area contributed by atoms with Crippen LogP contribution in [0.5, 0.6) is 0 Å². The van der Waals surface area contributed by atoms with Crippen molar-refractivity contribution in [1.29, 1.82) is 0 Å². The van der Waals surface area contributed by atoms with Crippen LogP contribution < -0.4 is 5.11 Å². The lowest BCUT2D eigenvalue weighted by Gasteiger charge is -1.81. The average molecular weight is 86.0 g/mol. The highest BCUT2D eigenvalue weighted by atomic mass is 16.7. The predicted octanol–water partition coefficient (Wildman–Crippen LogP) is -0.819. The molecule has 0 saturated carbocycles. The average Bonchev–Trinajstić information content (AvgIpc) is 1.35. The molecule has 0 aliphatic rings. The van der Waals surface area contributed by atoms with Crippen molar-refractivity contribution in [2.75, 3.05) is 0 Å². The zero-order chi connectivity index (χ0) is 4.99. The van der Waals surface area contributed by atoms with Crippen LogP contribution in [0.15, 0.2) is 0 Å². The third-order valence-corrected chi connectivity index (χ3v) is 0.120. The Kier molecular flexibility index (Phi) is 1.61. The molecule has 0 bridgehead atoms. The molecule has 0 rings (SSSR count). The number of carbonyl (C=O) groups excluding carboxylic acids is 1. The second kappa shape index (κ2) is 2.03. The molecule has 0 aliphatic carbocycles. The summed E-state index contributed by atoms with van der Waals surface area (Å²) >= 11 is 0. The Bertz CT molecular complexity index is 91.5. The van der Waals surface area contributed by atoms with E-state index in [9.17, 15) is 0 Å². The van der Waals surface area contributed by atoms with Crippen LogP contribution in [0, 0.1) is 6.57 Å². The topological polar surface area (TPSA) is 53.7 Å². The SMILES string of the molecule is [C-]#[N+]OC(=O)[O-]. The molecule has 0 heterocycles. The zero-order valence-corrected chi connectivity index (χ0v) is 2.67. The molecule has 0 aromatic heterocycles. The normalized spacial score (nSPS) is 5.83. The van der Waals surface area contributed by atoms with Gasteiger partial charge in [-0.15, -0.1) is 0 Å². The highest BCUT2D eigenvalue weighted by Crippen LogP contribution is 1.66. The highest BCUT2D eigenvalue weighted by Gasteiger charge is 1.75. The summed E-state index contributed by atoms with van der Waals surface area (Å²) in [7, 11) is 0. The molecule has 0 amide bonds. The monoisotopic (exact) mass is 86.0 g/mol. The molecular formula is C2NO3-. The van der Waals surface area contributed by atoms with Crippen LogP contribution in [0.1, 0.15) is 0 Å². The minimum atomic E-state index is -1.81. The van der Waals surface area contributed by atoms with Crippen molar-refractivity contribution in [2.45, 2.75) is 0 Å². The van der Waals surface area contributed by atoms with Gasteiger partial charge in [-0.25, -0.2) is 4.84 Å². The molecule has 0 aliphatic heterocycles. The third kappa shape index (κ3) is 2.76. The van der Waals surface area contributed by atoms with Gasteiger partial charge in [-0.3, -0.25) is 0 Å². The molecule has 4 nitrogen and oxygen atoms in total. The maximum absolute atomic E-state index is 9.05. The molecule has 0 unspecified atom stereocenters. The highest BCUT2D eigenvalue weighted by molar-refractivity contribution is 5.54. The molecule has 6 heavy (non-hydrogen) atoms. The first-order valence-corrected chi connectivity index (χ1v) is 1.02. The van der Waals surface area contributed by atoms with E-state index in [-0.39, 0.29) is 0 Å². The summed E-state index contributed by atoms with van der Waals surface area (Å²) < 4.78 is 0. The van der Waals surface area contributed by atoms with Gasteiger partial charge in [-0.05, 0) is 0 Å². The summed E-state index contributed by atoms with van der Waals surface area (Å²) in [5.41, 5.74) is 0. The smallest absolute Gasteiger partial charge is 0.334 e. The van der Waals surface area contributed by atoms with E-state index in [0.717, 1.165) is 0 Å². The minimum absolute atomic E-state index is 1.81. The second-order valence-corrected chi connectivity index (χ2v) is 0.433. The van der Waals surface area contributed by atoms with Gasteiger partial charge in [0.05, 0.1) is 0 Å². The fourth-order valence-electron chi connectivity index (χ4n) is 0.0373. The lowest BCUT2D eigenvalue weighted by atomic mass is 11.4. The minimum Gasteiger partial charge on any atom is -0.421 e. The van der Waals surface area contributed by atoms with E-state index < -0.39 is 6.16 Å². The van der Waals surface area contributed by atoms with Crippen molar-refractivity contribution in [3.8, 4) is 0 Å². The fraction of sp³-hybridized carbons (Fsp3) is 0. The molecule has 0 radical (unpaired) electrons. The summed E-state index contributed by atoms with van der Waals surface area (Å²) in [6.45, 7) is 5.72. The van der Waals surface area contributed by atoms with E-state index in [1.165, 1.54) is 0 Å². The van der Waals surface area contributed by atoms with Gasteiger partial charge in [0, 0.05) is 0 Å². The number of carbonyl (C=O) groups is 1. The Morgan fingerprint density at radius 2 is 2.50 bits per heavy atom. The summed E-state index contributed by atoms with van der Waals surface area (Å²) in [6, 6.07) is 0. The standard InChI is InChI=1S/C2HNO3/c1-3-6-2(4)5/h(H,4,5)/p-1. The van der Waals surface area contributed by atoms with E-state index in [4.69, 9.17) is 16.5 Å². The molecule has 0 N–H and O–H groups in total. The summed E-state index contributed by atoms with van der Waals surface area (Å²) in [6.07, 6.45) is -1.81. The van der Waals surface area contributed by atoms with Crippen molar-refractivity contribution in [1.82, 2.24) is 0 Å². The number of hydrogen-bond acceptors (Lipinski definition) is 3. The van der Waals surface area contributed by atoms with Gasteiger partial charge in [0.1, 0.15) is 0 Å². The Hall–Kier alpha value is -1.24. The van der Waals surface area contributed by atoms with Gasteiger partial charge in [0.25, 0.3) is 0 Å². The van der Waals surface area contributed by atoms with Crippen molar-refractivity contribution in [3.63, 3.8) is 0 Å². The molecule has 0 spiro atoms. The summed E-state index contributed by atoms with van der Waals surface area (Å²) in [5.74, 6) is 0. The first kappa shape index (κ1) is 4.76. The Morgan fingerprint density at radius 3 is 2.50 bits per heavy atom. The van der Waals surface area contributed by atoms with Crippen LogP contribution in [0.25, 0.3) is 5.01 Å². The number of rotatable bonds is 0. The predicted molar refractivity (Wildman–Crippen MR) is 13.1 cm³/mol. The zero-order valence-electron chi connectivity index (χ0n) is 2.67. The van der Waals surface area contributed by atoms with Crippen molar-refractivity contribution in [2.24, 2.45) is 0 Å². The van der Waals surface area contributed by atoms with Crippen molar-refractivity contribution in [3.05, 3.63) is 11.6 Å². The summed E-state index contributed by atoms with van der Waals surface area (Å²) in [5, 5.41) is 11.1. The van der Waals surface area contributed by atoms with E-state index in [0.29, 0.717) is 0 Å². The quantitative estimate of drug-likeness (QED) is 0.286. The molecule has 0 aromatic carbocycles. The first-order valence-electron chi connectivity index (χ1n) is 1.02. The molecule has 4 heteroatoms. The van der Waals surface area contributed by atoms with Crippen LogP contribution in [0.2, 0.25) is 0 Å². The maximum atomic E-state index is 9.05. The van der Waals surface area contributed by atoms with E-state index in [1.54, 1.807) is 0 Å². The maximum Gasteiger partial charge on any atom is 0.334 e. The molecule has 0 atom stereocenters. The van der Waals surface area contributed by atoms with Gasteiger partial charge in [0.2, 0.25) is 0 Å². The molecule has 32 valence electrons. The fourth-order valence-corrected chi connectivity index (χ4v) is 0.0373. The first-order chi connectivity index (χ1) is 2.77. The van der Waals surface area contributed by atoms with E-state index >= 15 is 0 Å².